The maximum absolute atomic E-state index is 12.3. The van der Waals surface area contributed by atoms with Crippen molar-refractivity contribution in [3.05, 3.63) is 0 Å². The molecule has 0 bridgehead atoms. The van der Waals surface area contributed by atoms with E-state index in [4.69, 9.17) is 0 Å². The zero-order valence-corrected chi connectivity index (χ0v) is 11.5. The lowest BCUT2D eigenvalue weighted by Crippen LogP contribution is -2.59. The van der Waals surface area contributed by atoms with Crippen molar-refractivity contribution < 1.29 is 9.59 Å². The van der Waals surface area contributed by atoms with Crippen molar-refractivity contribution in [3.63, 3.8) is 0 Å². The third-order valence-electron chi connectivity index (χ3n) is 4.63. The van der Waals surface area contributed by atoms with E-state index in [9.17, 15) is 9.59 Å². The zero-order chi connectivity index (χ0) is 13.2. The summed E-state index contributed by atoms with van der Waals surface area (Å²) in [4.78, 5) is 25.7. The summed E-state index contributed by atoms with van der Waals surface area (Å²) in [6, 6.07) is -0.304. The second kappa shape index (κ2) is 5.29. The number of carbonyl (C=O) groups is 2. The van der Waals surface area contributed by atoms with Crippen LogP contribution in [0.15, 0.2) is 0 Å². The van der Waals surface area contributed by atoms with Crippen molar-refractivity contribution in [2.24, 2.45) is 5.41 Å². The summed E-state index contributed by atoms with van der Waals surface area (Å²) in [5, 5.41) is 2.77. The molecule has 2 fully saturated rings. The molecule has 0 radical (unpaired) electrons. The van der Waals surface area contributed by atoms with E-state index in [-0.39, 0.29) is 29.8 Å². The van der Waals surface area contributed by atoms with Crippen LogP contribution in [0.3, 0.4) is 0 Å². The Balaban J connectivity index is 2.07. The summed E-state index contributed by atoms with van der Waals surface area (Å²) in [6.45, 7) is 5.16. The van der Waals surface area contributed by atoms with Gasteiger partial charge in [0.15, 0.2) is 0 Å². The molecule has 0 aromatic carbocycles. The second-order valence-corrected chi connectivity index (χ2v) is 5.78. The summed E-state index contributed by atoms with van der Waals surface area (Å²) in [5.74, 6) is 0.0996. The quantitative estimate of drug-likeness (QED) is 0.828. The van der Waals surface area contributed by atoms with Crippen molar-refractivity contribution in [1.82, 2.24) is 10.2 Å². The Morgan fingerprint density at radius 2 is 1.94 bits per heavy atom. The van der Waals surface area contributed by atoms with Gasteiger partial charge in [0.2, 0.25) is 11.8 Å². The Hall–Kier alpha value is -1.06. The molecular weight excluding hydrogens is 228 g/mol. The molecule has 1 saturated carbocycles. The van der Waals surface area contributed by atoms with Gasteiger partial charge in [-0.1, -0.05) is 26.7 Å². The van der Waals surface area contributed by atoms with Crippen LogP contribution in [0.2, 0.25) is 0 Å². The number of nitrogens with one attached hydrogen (secondary N) is 1. The van der Waals surface area contributed by atoms with Gasteiger partial charge in [-0.3, -0.25) is 9.59 Å². The topological polar surface area (TPSA) is 49.4 Å². The van der Waals surface area contributed by atoms with E-state index in [1.807, 2.05) is 6.92 Å². The molecule has 1 saturated heterocycles. The van der Waals surface area contributed by atoms with Crippen LogP contribution in [0, 0.1) is 5.41 Å². The number of hydrogen-bond acceptors (Lipinski definition) is 2. The summed E-state index contributed by atoms with van der Waals surface area (Å²) in [7, 11) is 0. The Bertz CT molecular complexity index is 335. The maximum Gasteiger partial charge on any atom is 0.245 e. The van der Waals surface area contributed by atoms with Gasteiger partial charge in [-0.05, 0) is 31.1 Å². The number of hydrogen-bond donors (Lipinski definition) is 1. The van der Waals surface area contributed by atoms with Crippen LogP contribution in [0.25, 0.3) is 0 Å². The van der Waals surface area contributed by atoms with E-state index in [0.29, 0.717) is 6.42 Å². The van der Waals surface area contributed by atoms with E-state index in [2.05, 4.69) is 12.2 Å². The fourth-order valence-electron chi connectivity index (χ4n) is 3.34. The molecule has 2 aliphatic rings. The molecular formula is C14H24N2O2. The van der Waals surface area contributed by atoms with Crippen molar-refractivity contribution in [1.29, 1.82) is 0 Å². The molecule has 1 aliphatic carbocycles. The minimum Gasteiger partial charge on any atom is -0.343 e. The molecule has 4 nitrogen and oxygen atoms in total. The van der Waals surface area contributed by atoms with Crippen LogP contribution in [0.4, 0.5) is 0 Å². The molecule has 2 amide bonds. The van der Waals surface area contributed by atoms with Crippen molar-refractivity contribution in [2.45, 2.75) is 58.4 Å². The van der Waals surface area contributed by atoms with Crippen LogP contribution >= 0.6 is 0 Å². The van der Waals surface area contributed by atoms with Gasteiger partial charge in [0.05, 0.1) is 6.54 Å². The first kappa shape index (κ1) is 13.4. The highest BCUT2D eigenvalue weighted by atomic mass is 16.2. The molecule has 4 heteroatoms. The van der Waals surface area contributed by atoms with Gasteiger partial charge < -0.3 is 10.2 Å². The third kappa shape index (κ3) is 2.52. The average molecular weight is 252 g/mol. The molecule has 102 valence electrons. The molecule has 0 aromatic heterocycles. The van der Waals surface area contributed by atoms with Gasteiger partial charge in [-0.15, -0.1) is 0 Å². The molecule has 2 rings (SSSR count). The Morgan fingerprint density at radius 3 is 2.50 bits per heavy atom. The Kier molecular flexibility index (Phi) is 3.93. The normalized spacial score (nSPS) is 27.4. The minimum atomic E-state index is -0.304. The lowest BCUT2D eigenvalue weighted by molar-refractivity contribution is -0.146. The van der Waals surface area contributed by atoms with Gasteiger partial charge in [-0.2, -0.15) is 0 Å². The van der Waals surface area contributed by atoms with Crippen LogP contribution in [-0.4, -0.2) is 35.8 Å². The molecule has 1 aliphatic heterocycles. The third-order valence-corrected chi connectivity index (χ3v) is 4.63. The van der Waals surface area contributed by atoms with Gasteiger partial charge in [-0.25, -0.2) is 0 Å². The lowest BCUT2D eigenvalue weighted by Gasteiger charge is -2.38. The first-order chi connectivity index (χ1) is 8.60. The molecule has 1 unspecified atom stereocenters. The van der Waals surface area contributed by atoms with Crippen molar-refractivity contribution >= 4 is 11.8 Å². The van der Waals surface area contributed by atoms with Crippen molar-refractivity contribution in [2.75, 3.05) is 13.1 Å². The molecule has 0 spiro atoms. The molecule has 0 aromatic rings. The first-order valence-electron chi connectivity index (χ1n) is 7.18. The van der Waals surface area contributed by atoms with Gasteiger partial charge in [0, 0.05) is 6.54 Å². The van der Waals surface area contributed by atoms with E-state index in [1.165, 1.54) is 25.7 Å². The highest BCUT2D eigenvalue weighted by Crippen LogP contribution is 2.41. The summed E-state index contributed by atoms with van der Waals surface area (Å²) >= 11 is 0. The van der Waals surface area contributed by atoms with Crippen LogP contribution in [0.1, 0.15) is 52.4 Å². The SMILES string of the molecule is CCC1NC(=O)CN(CC2(CC)CCCC2)C1=O. The smallest absolute Gasteiger partial charge is 0.245 e. The highest BCUT2D eigenvalue weighted by molar-refractivity contribution is 5.94. The Morgan fingerprint density at radius 1 is 1.28 bits per heavy atom. The minimum absolute atomic E-state index is 0.00861. The summed E-state index contributed by atoms with van der Waals surface area (Å²) < 4.78 is 0. The van der Waals surface area contributed by atoms with E-state index < -0.39 is 0 Å². The summed E-state index contributed by atoms with van der Waals surface area (Å²) in [5.41, 5.74) is 0.269. The maximum atomic E-state index is 12.3. The Labute approximate surface area is 109 Å². The lowest BCUT2D eigenvalue weighted by atomic mass is 9.82. The number of nitrogens with zero attached hydrogens (tertiary/aromatic N) is 1. The van der Waals surface area contributed by atoms with Crippen molar-refractivity contribution in [3.8, 4) is 0 Å². The molecule has 1 heterocycles. The number of rotatable bonds is 4. The van der Waals surface area contributed by atoms with E-state index >= 15 is 0 Å². The predicted molar refractivity (Wildman–Crippen MR) is 70.0 cm³/mol. The van der Waals surface area contributed by atoms with E-state index in [0.717, 1.165) is 13.0 Å². The zero-order valence-electron chi connectivity index (χ0n) is 11.5. The van der Waals surface area contributed by atoms with E-state index in [1.54, 1.807) is 4.90 Å². The van der Waals surface area contributed by atoms with Crippen LogP contribution in [-0.2, 0) is 9.59 Å². The largest absolute Gasteiger partial charge is 0.343 e. The van der Waals surface area contributed by atoms with Gasteiger partial charge in [0.1, 0.15) is 6.04 Å². The summed E-state index contributed by atoms with van der Waals surface area (Å²) in [6.07, 6.45) is 6.71. The molecule has 1 N–H and O–H groups in total. The monoisotopic (exact) mass is 252 g/mol. The van der Waals surface area contributed by atoms with Crippen LogP contribution in [0.5, 0.6) is 0 Å². The molecule has 1 atom stereocenters. The molecule has 18 heavy (non-hydrogen) atoms. The average Bonchev–Trinajstić information content (AvgIpc) is 2.82. The van der Waals surface area contributed by atoms with Gasteiger partial charge >= 0.3 is 0 Å². The fraction of sp³-hybridized carbons (Fsp3) is 0.857. The standard InChI is InChI=1S/C14H24N2O2/c1-3-11-13(18)16(9-12(17)15-11)10-14(4-2)7-5-6-8-14/h11H,3-10H2,1-2H3,(H,15,17). The number of piperazine rings is 1. The predicted octanol–water partition coefficient (Wildman–Crippen LogP) is 1.69. The number of amides is 2. The first-order valence-corrected chi connectivity index (χ1v) is 7.18. The highest BCUT2D eigenvalue weighted by Gasteiger charge is 2.39. The van der Waals surface area contributed by atoms with Gasteiger partial charge in [0.25, 0.3) is 0 Å². The fourth-order valence-corrected chi connectivity index (χ4v) is 3.34. The van der Waals surface area contributed by atoms with Crippen LogP contribution < -0.4 is 5.32 Å². The second-order valence-electron chi connectivity index (χ2n) is 5.78. The number of carbonyl (C=O) groups excluding carboxylic acids is 2.